The highest BCUT2D eigenvalue weighted by Crippen LogP contribution is 2.22. The number of nitrogens with zero attached hydrogens (tertiary/aromatic N) is 1. The lowest BCUT2D eigenvalue weighted by Crippen LogP contribution is -2.18. The molecule has 21 heavy (non-hydrogen) atoms. The van der Waals surface area contributed by atoms with Crippen LogP contribution in [-0.2, 0) is 20.0 Å². The third-order valence-corrected chi connectivity index (χ3v) is 4.83. The van der Waals surface area contributed by atoms with Crippen molar-refractivity contribution in [3.05, 3.63) is 42.6 Å². The van der Waals surface area contributed by atoms with E-state index in [2.05, 4.69) is 9.71 Å². The number of anilines is 2. The topological polar surface area (TPSA) is 145 Å². The molecule has 0 aliphatic rings. The van der Waals surface area contributed by atoms with Crippen LogP contribution in [0, 0.1) is 0 Å². The quantitative estimate of drug-likeness (QED) is 0.726. The fraction of sp³-hybridized carbons (Fsp3) is 0. The van der Waals surface area contributed by atoms with Crippen molar-refractivity contribution in [1.29, 1.82) is 0 Å². The highest BCUT2D eigenvalue weighted by Gasteiger charge is 2.20. The van der Waals surface area contributed by atoms with Gasteiger partial charge in [0, 0.05) is 6.20 Å². The molecular weight excluding hydrogens is 316 g/mol. The Morgan fingerprint density at radius 2 is 1.67 bits per heavy atom. The molecule has 0 unspecified atom stereocenters. The average molecular weight is 328 g/mol. The van der Waals surface area contributed by atoms with Gasteiger partial charge in [0.25, 0.3) is 10.0 Å². The van der Waals surface area contributed by atoms with Crippen molar-refractivity contribution in [1.82, 2.24) is 4.98 Å². The van der Waals surface area contributed by atoms with Gasteiger partial charge in [0.05, 0.1) is 5.69 Å². The third-order valence-electron chi connectivity index (χ3n) is 2.51. The summed E-state index contributed by atoms with van der Waals surface area (Å²) in [5.41, 5.74) is 5.24. The number of nitrogens with one attached hydrogen (secondary N) is 1. The van der Waals surface area contributed by atoms with Gasteiger partial charge in [-0.2, -0.15) is 0 Å². The van der Waals surface area contributed by atoms with Crippen LogP contribution in [0.25, 0.3) is 0 Å². The maximum Gasteiger partial charge on any atom is 0.263 e. The maximum absolute atomic E-state index is 12.2. The van der Waals surface area contributed by atoms with E-state index >= 15 is 0 Å². The number of aromatic nitrogens is 1. The van der Waals surface area contributed by atoms with E-state index in [0.717, 1.165) is 6.20 Å². The smallest absolute Gasteiger partial charge is 0.263 e. The van der Waals surface area contributed by atoms with Crippen LogP contribution in [-0.4, -0.2) is 21.8 Å². The zero-order valence-electron chi connectivity index (χ0n) is 10.6. The molecule has 1 heterocycles. The number of rotatable bonds is 4. The minimum Gasteiger partial charge on any atom is -0.384 e. The summed E-state index contributed by atoms with van der Waals surface area (Å²) in [6, 6.07) is 7.98. The minimum atomic E-state index is -4.06. The van der Waals surface area contributed by atoms with Gasteiger partial charge in [0.2, 0.25) is 10.0 Å². The Bertz CT molecular complexity index is 861. The van der Waals surface area contributed by atoms with Crippen molar-refractivity contribution >= 4 is 31.6 Å². The van der Waals surface area contributed by atoms with Crippen molar-refractivity contribution in [2.45, 2.75) is 9.79 Å². The van der Waals surface area contributed by atoms with Crippen molar-refractivity contribution in [2.75, 3.05) is 10.5 Å². The van der Waals surface area contributed by atoms with Gasteiger partial charge >= 0.3 is 0 Å². The molecule has 1 aromatic heterocycles. The van der Waals surface area contributed by atoms with E-state index in [1.807, 2.05) is 0 Å². The first-order valence-electron chi connectivity index (χ1n) is 5.56. The molecule has 0 saturated heterocycles. The largest absolute Gasteiger partial charge is 0.384 e. The molecule has 1 aromatic carbocycles. The number of para-hydroxylation sites is 1. The molecule has 0 radical (unpaired) electrons. The summed E-state index contributed by atoms with van der Waals surface area (Å²) in [5.74, 6) is 0.166. The summed E-state index contributed by atoms with van der Waals surface area (Å²) in [6.45, 7) is 0. The number of sulfonamides is 2. The van der Waals surface area contributed by atoms with Gasteiger partial charge in [-0.1, -0.05) is 12.1 Å². The third kappa shape index (κ3) is 3.48. The molecule has 0 atom stereocenters. The second kappa shape index (κ2) is 5.31. The lowest BCUT2D eigenvalue weighted by Gasteiger charge is -2.11. The van der Waals surface area contributed by atoms with Gasteiger partial charge in [-0.25, -0.2) is 27.0 Å². The SMILES string of the molecule is Nc1ccc(S(=O)(=O)Nc2ccccc2S(N)(=O)=O)cn1. The van der Waals surface area contributed by atoms with Crippen molar-refractivity contribution in [2.24, 2.45) is 5.14 Å². The Morgan fingerprint density at radius 1 is 1.00 bits per heavy atom. The maximum atomic E-state index is 12.2. The first-order chi connectivity index (χ1) is 9.70. The molecule has 2 aromatic rings. The number of primary sulfonamides is 1. The summed E-state index contributed by atoms with van der Waals surface area (Å²) < 4.78 is 49.4. The van der Waals surface area contributed by atoms with E-state index < -0.39 is 20.0 Å². The standard InChI is InChI=1S/C11H12N4O4S2/c12-11-6-5-8(7-14-11)21(18,19)15-9-3-1-2-4-10(9)20(13,16)17/h1-7,15H,(H2,12,14)(H2,13,16,17). The molecule has 0 fully saturated rings. The molecule has 112 valence electrons. The van der Waals surface area contributed by atoms with E-state index in [1.165, 1.54) is 36.4 Å². The Morgan fingerprint density at radius 3 is 2.24 bits per heavy atom. The molecule has 10 heteroatoms. The second-order valence-corrected chi connectivity index (χ2v) is 7.28. The number of hydrogen-bond donors (Lipinski definition) is 3. The molecule has 0 saturated carbocycles. The first-order valence-corrected chi connectivity index (χ1v) is 8.59. The lowest BCUT2D eigenvalue weighted by molar-refractivity contribution is 0.598. The van der Waals surface area contributed by atoms with Gasteiger partial charge in [-0.3, -0.25) is 4.72 Å². The van der Waals surface area contributed by atoms with Gasteiger partial charge in [0.15, 0.2) is 0 Å². The van der Waals surface area contributed by atoms with Gasteiger partial charge in [-0.05, 0) is 24.3 Å². The van der Waals surface area contributed by atoms with E-state index in [4.69, 9.17) is 10.9 Å². The number of benzene rings is 1. The molecule has 0 amide bonds. The summed E-state index contributed by atoms with van der Waals surface area (Å²) in [6.07, 6.45) is 1.07. The zero-order valence-corrected chi connectivity index (χ0v) is 12.2. The van der Waals surface area contributed by atoms with Crippen LogP contribution in [0.4, 0.5) is 11.5 Å². The Labute approximate surface area is 121 Å². The fourth-order valence-corrected chi connectivity index (χ4v) is 3.34. The second-order valence-electron chi connectivity index (χ2n) is 4.07. The Kier molecular flexibility index (Phi) is 3.85. The lowest BCUT2D eigenvalue weighted by atomic mass is 10.3. The summed E-state index contributed by atoms with van der Waals surface area (Å²) in [5, 5.41) is 5.04. The number of hydrogen-bond acceptors (Lipinski definition) is 6. The predicted octanol–water partition coefficient (Wildman–Crippen LogP) is 0.112. The molecule has 0 spiro atoms. The highest BCUT2D eigenvalue weighted by atomic mass is 32.2. The summed E-state index contributed by atoms with van der Waals surface area (Å²) in [7, 11) is -8.06. The van der Waals surface area contributed by atoms with E-state index in [-0.39, 0.29) is 21.3 Å². The van der Waals surface area contributed by atoms with Crippen molar-refractivity contribution in [3.63, 3.8) is 0 Å². The van der Waals surface area contributed by atoms with E-state index in [9.17, 15) is 16.8 Å². The van der Waals surface area contributed by atoms with E-state index in [1.54, 1.807) is 0 Å². The fourth-order valence-electron chi connectivity index (χ4n) is 1.55. The van der Waals surface area contributed by atoms with Crippen LogP contribution in [0.15, 0.2) is 52.4 Å². The first kappa shape index (κ1) is 15.2. The van der Waals surface area contributed by atoms with Crippen molar-refractivity contribution < 1.29 is 16.8 Å². The summed E-state index contributed by atoms with van der Waals surface area (Å²) in [4.78, 5) is 3.20. The number of nitrogen functional groups attached to an aromatic ring is 1. The van der Waals surface area contributed by atoms with Crippen molar-refractivity contribution in [3.8, 4) is 0 Å². The predicted molar refractivity (Wildman–Crippen MR) is 77.3 cm³/mol. The van der Waals surface area contributed by atoms with Gasteiger partial charge in [0.1, 0.15) is 15.6 Å². The van der Waals surface area contributed by atoms with Crippen LogP contribution >= 0.6 is 0 Å². The van der Waals surface area contributed by atoms with Crippen LogP contribution < -0.4 is 15.6 Å². The van der Waals surface area contributed by atoms with Crippen LogP contribution in [0.5, 0.6) is 0 Å². The Hall–Kier alpha value is -2.17. The van der Waals surface area contributed by atoms with Crippen LogP contribution in [0.3, 0.4) is 0 Å². The molecule has 2 rings (SSSR count). The molecule has 8 nitrogen and oxygen atoms in total. The zero-order chi connectivity index (χ0) is 15.7. The molecular formula is C11H12N4O4S2. The van der Waals surface area contributed by atoms with Crippen LogP contribution in [0.2, 0.25) is 0 Å². The monoisotopic (exact) mass is 328 g/mol. The summed E-state index contributed by atoms with van der Waals surface area (Å²) >= 11 is 0. The number of pyridine rings is 1. The van der Waals surface area contributed by atoms with Gasteiger partial charge in [-0.15, -0.1) is 0 Å². The minimum absolute atomic E-state index is 0.142. The Balaban J connectivity index is 2.45. The molecule has 0 aliphatic carbocycles. The van der Waals surface area contributed by atoms with Crippen LogP contribution in [0.1, 0.15) is 0 Å². The highest BCUT2D eigenvalue weighted by molar-refractivity contribution is 7.93. The average Bonchev–Trinajstić information content (AvgIpc) is 2.38. The van der Waals surface area contributed by atoms with Gasteiger partial charge < -0.3 is 5.73 Å². The molecule has 0 aliphatic heterocycles. The molecule has 0 bridgehead atoms. The molecule has 5 N–H and O–H groups in total. The van der Waals surface area contributed by atoms with E-state index in [0.29, 0.717) is 0 Å². The normalized spacial score (nSPS) is 12.0. The number of nitrogens with two attached hydrogens (primary N) is 2.